The monoisotopic (exact) mass is 408 g/mol. The first kappa shape index (κ1) is 16.7. The van der Waals surface area contributed by atoms with Crippen LogP contribution in [0.25, 0.3) is 0 Å². The lowest BCUT2D eigenvalue weighted by Gasteiger charge is -2.19. The molecule has 22 heavy (non-hydrogen) atoms. The Morgan fingerprint density at radius 3 is 2.82 bits per heavy atom. The van der Waals surface area contributed by atoms with E-state index in [-0.39, 0.29) is 24.0 Å². The first-order valence-corrected chi connectivity index (χ1v) is 7.40. The number of nitrogens with two attached hydrogens (primary N) is 1. The third kappa shape index (κ3) is 4.19. The molecule has 4 nitrogen and oxygen atoms in total. The summed E-state index contributed by atoms with van der Waals surface area (Å²) in [5.41, 5.74) is 10.8. The van der Waals surface area contributed by atoms with Gasteiger partial charge in [0.2, 0.25) is 0 Å². The molecule has 0 unspecified atom stereocenters. The van der Waals surface area contributed by atoms with Gasteiger partial charge in [0.1, 0.15) is 0 Å². The number of pyridine rings is 1. The SMILES string of the molecule is I.NC(=NCc1ccccn1)Nc1cccc2c1CCCC2. The molecule has 0 saturated heterocycles. The number of hydrogen-bond acceptors (Lipinski definition) is 2. The Morgan fingerprint density at radius 1 is 1.14 bits per heavy atom. The zero-order valence-corrected chi connectivity index (χ0v) is 14.8. The predicted molar refractivity (Wildman–Crippen MR) is 102 cm³/mol. The summed E-state index contributed by atoms with van der Waals surface area (Å²) in [7, 11) is 0. The van der Waals surface area contributed by atoms with Crippen molar-refractivity contribution in [3.8, 4) is 0 Å². The molecule has 0 amide bonds. The molecule has 0 atom stereocenters. The van der Waals surface area contributed by atoms with Crippen LogP contribution in [-0.2, 0) is 19.4 Å². The molecule has 3 N–H and O–H groups in total. The van der Waals surface area contributed by atoms with Crippen molar-refractivity contribution >= 4 is 35.6 Å². The van der Waals surface area contributed by atoms with Gasteiger partial charge in [-0.05, 0) is 55.0 Å². The Labute approximate surface area is 148 Å². The van der Waals surface area contributed by atoms with Crippen LogP contribution in [-0.4, -0.2) is 10.9 Å². The molecular formula is C17H21IN4. The third-order valence-corrected chi connectivity index (χ3v) is 3.80. The molecule has 5 heteroatoms. The fraction of sp³-hybridized carbons (Fsp3) is 0.294. The van der Waals surface area contributed by atoms with Crippen molar-refractivity contribution in [2.45, 2.75) is 32.2 Å². The molecular weight excluding hydrogens is 387 g/mol. The number of aliphatic imine (C=N–C) groups is 1. The van der Waals surface area contributed by atoms with Crippen molar-refractivity contribution in [1.82, 2.24) is 4.98 Å². The third-order valence-electron chi connectivity index (χ3n) is 3.80. The van der Waals surface area contributed by atoms with E-state index in [1.165, 1.54) is 24.0 Å². The van der Waals surface area contributed by atoms with Crippen LogP contribution in [0, 0.1) is 0 Å². The molecule has 1 heterocycles. The van der Waals surface area contributed by atoms with Crippen LogP contribution in [0.15, 0.2) is 47.6 Å². The number of guanidine groups is 1. The normalized spacial score (nSPS) is 13.9. The van der Waals surface area contributed by atoms with E-state index >= 15 is 0 Å². The van der Waals surface area contributed by atoms with Crippen LogP contribution in [0.1, 0.15) is 29.7 Å². The Hall–Kier alpha value is -1.63. The van der Waals surface area contributed by atoms with Gasteiger partial charge in [0.05, 0.1) is 12.2 Å². The summed E-state index contributed by atoms with van der Waals surface area (Å²) in [6, 6.07) is 12.2. The number of rotatable bonds is 3. The molecule has 116 valence electrons. The maximum Gasteiger partial charge on any atom is 0.193 e. The second kappa shape index (κ2) is 8.12. The van der Waals surface area contributed by atoms with Crippen LogP contribution in [0.2, 0.25) is 0 Å². The van der Waals surface area contributed by atoms with E-state index in [9.17, 15) is 0 Å². The zero-order chi connectivity index (χ0) is 14.5. The minimum absolute atomic E-state index is 0. The molecule has 2 aromatic rings. The molecule has 3 rings (SSSR count). The molecule has 0 bridgehead atoms. The molecule has 1 aliphatic rings. The van der Waals surface area contributed by atoms with E-state index < -0.39 is 0 Å². The number of halogens is 1. The highest BCUT2D eigenvalue weighted by molar-refractivity contribution is 14.0. The standard InChI is InChI=1S/C17H20N4.HI/c18-17(20-12-14-8-3-4-11-19-14)21-16-10-5-7-13-6-1-2-9-15(13)16;/h3-5,7-8,10-11H,1-2,6,9,12H2,(H3,18,20,21);1H. The lowest BCUT2D eigenvalue weighted by Crippen LogP contribution is -2.24. The van der Waals surface area contributed by atoms with E-state index in [4.69, 9.17) is 5.73 Å². The van der Waals surface area contributed by atoms with Gasteiger partial charge < -0.3 is 11.1 Å². The number of nitrogens with zero attached hydrogens (tertiary/aromatic N) is 2. The molecule has 0 radical (unpaired) electrons. The van der Waals surface area contributed by atoms with Crippen molar-refractivity contribution in [3.05, 3.63) is 59.4 Å². The summed E-state index contributed by atoms with van der Waals surface area (Å²) in [5, 5.41) is 3.24. The number of nitrogens with one attached hydrogen (secondary N) is 1. The van der Waals surface area contributed by atoms with Gasteiger partial charge in [0.15, 0.2) is 5.96 Å². The van der Waals surface area contributed by atoms with Gasteiger partial charge in [-0.1, -0.05) is 18.2 Å². The smallest absolute Gasteiger partial charge is 0.193 e. The summed E-state index contributed by atoms with van der Waals surface area (Å²) in [4.78, 5) is 8.60. The van der Waals surface area contributed by atoms with Gasteiger partial charge in [0.25, 0.3) is 0 Å². The highest BCUT2D eigenvalue weighted by Gasteiger charge is 2.12. The maximum absolute atomic E-state index is 6.00. The van der Waals surface area contributed by atoms with Crippen LogP contribution in [0.5, 0.6) is 0 Å². The summed E-state index contributed by atoms with van der Waals surface area (Å²) in [6.45, 7) is 0.495. The lowest BCUT2D eigenvalue weighted by molar-refractivity contribution is 0.687. The molecule has 0 fully saturated rings. The average Bonchev–Trinajstić information content (AvgIpc) is 2.54. The largest absolute Gasteiger partial charge is 0.370 e. The quantitative estimate of drug-likeness (QED) is 0.464. The van der Waals surface area contributed by atoms with Crippen LogP contribution >= 0.6 is 24.0 Å². The highest BCUT2D eigenvalue weighted by Crippen LogP contribution is 2.27. The van der Waals surface area contributed by atoms with E-state index in [1.807, 2.05) is 18.2 Å². The summed E-state index contributed by atoms with van der Waals surface area (Å²) >= 11 is 0. The van der Waals surface area contributed by atoms with Crippen LogP contribution in [0.3, 0.4) is 0 Å². The lowest BCUT2D eigenvalue weighted by atomic mass is 9.90. The Bertz CT molecular complexity index is 640. The number of fused-ring (bicyclic) bond motifs is 1. The number of aryl methyl sites for hydroxylation is 1. The van der Waals surface area contributed by atoms with E-state index in [0.29, 0.717) is 12.5 Å². The fourth-order valence-electron chi connectivity index (χ4n) is 2.73. The summed E-state index contributed by atoms with van der Waals surface area (Å²) in [5.74, 6) is 0.444. The van der Waals surface area contributed by atoms with E-state index in [2.05, 4.69) is 33.5 Å². The van der Waals surface area contributed by atoms with Crippen molar-refractivity contribution < 1.29 is 0 Å². The Balaban J connectivity index is 0.00000176. The average molecular weight is 408 g/mol. The topological polar surface area (TPSA) is 63.3 Å². The summed E-state index contributed by atoms with van der Waals surface area (Å²) in [6.07, 6.45) is 6.57. The molecule has 0 spiro atoms. The van der Waals surface area contributed by atoms with Gasteiger partial charge in [0, 0.05) is 11.9 Å². The van der Waals surface area contributed by atoms with Crippen molar-refractivity contribution in [3.63, 3.8) is 0 Å². The van der Waals surface area contributed by atoms with Gasteiger partial charge >= 0.3 is 0 Å². The van der Waals surface area contributed by atoms with Crippen molar-refractivity contribution in [2.24, 2.45) is 10.7 Å². The predicted octanol–water partition coefficient (Wildman–Crippen LogP) is 3.51. The second-order valence-corrected chi connectivity index (χ2v) is 5.30. The van der Waals surface area contributed by atoms with Crippen molar-refractivity contribution in [1.29, 1.82) is 0 Å². The molecule has 0 saturated carbocycles. The van der Waals surface area contributed by atoms with E-state index in [1.54, 1.807) is 6.20 Å². The highest BCUT2D eigenvalue weighted by atomic mass is 127. The fourth-order valence-corrected chi connectivity index (χ4v) is 2.73. The maximum atomic E-state index is 6.00. The Kier molecular flexibility index (Phi) is 6.18. The molecule has 0 aliphatic heterocycles. The first-order chi connectivity index (χ1) is 10.3. The van der Waals surface area contributed by atoms with Gasteiger partial charge in [-0.3, -0.25) is 4.98 Å². The van der Waals surface area contributed by atoms with E-state index in [0.717, 1.165) is 24.2 Å². The molecule has 1 aliphatic carbocycles. The number of aromatic nitrogens is 1. The minimum atomic E-state index is 0. The number of anilines is 1. The summed E-state index contributed by atoms with van der Waals surface area (Å²) < 4.78 is 0. The molecule has 1 aromatic carbocycles. The van der Waals surface area contributed by atoms with Gasteiger partial charge in [-0.25, -0.2) is 4.99 Å². The zero-order valence-electron chi connectivity index (χ0n) is 12.5. The molecule has 1 aromatic heterocycles. The van der Waals surface area contributed by atoms with Gasteiger partial charge in [-0.15, -0.1) is 24.0 Å². The Morgan fingerprint density at radius 2 is 2.00 bits per heavy atom. The number of hydrogen-bond donors (Lipinski definition) is 2. The van der Waals surface area contributed by atoms with Crippen LogP contribution < -0.4 is 11.1 Å². The van der Waals surface area contributed by atoms with Crippen molar-refractivity contribution in [2.75, 3.05) is 5.32 Å². The van der Waals surface area contributed by atoms with Gasteiger partial charge in [-0.2, -0.15) is 0 Å². The minimum Gasteiger partial charge on any atom is -0.370 e. The number of benzene rings is 1. The first-order valence-electron chi connectivity index (χ1n) is 7.40. The second-order valence-electron chi connectivity index (χ2n) is 5.30. The van der Waals surface area contributed by atoms with Crippen LogP contribution in [0.4, 0.5) is 5.69 Å².